The smallest absolute Gasteiger partial charge is 0.209 e. The Hall–Kier alpha value is -3.25. The molecule has 1 spiro atoms. The lowest BCUT2D eigenvalue weighted by Gasteiger charge is -2.55. The van der Waals surface area contributed by atoms with Crippen molar-refractivity contribution in [3.63, 3.8) is 0 Å². The highest BCUT2D eigenvalue weighted by molar-refractivity contribution is 6.25. The van der Waals surface area contributed by atoms with Crippen LogP contribution in [0, 0.1) is 17.3 Å². The molecule has 1 aromatic carbocycles. The highest BCUT2D eigenvalue weighted by atomic mass is 16.5. The average Bonchev–Trinajstić information content (AvgIpc) is 2.82. The van der Waals surface area contributed by atoms with Crippen LogP contribution >= 0.6 is 0 Å². The fourth-order valence-electron chi connectivity index (χ4n) is 7.80. The van der Waals surface area contributed by atoms with Crippen molar-refractivity contribution < 1.29 is 39.5 Å². The number of rotatable bonds is 5. The summed E-state index contributed by atoms with van der Waals surface area (Å²) in [6.45, 7) is 4.68. The Morgan fingerprint density at radius 3 is 2.32 bits per heavy atom. The Labute approximate surface area is 238 Å². The number of ether oxygens (including phenoxy) is 1. The van der Waals surface area contributed by atoms with Crippen LogP contribution < -0.4 is 4.90 Å². The van der Waals surface area contributed by atoms with Crippen molar-refractivity contribution >= 4 is 23.0 Å². The molecule has 41 heavy (non-hydrogen) atoms. The number of likely N-dealkylation sites (tertiary alicyclic amines) is 1. The molecule has 0 unspecified atom stereocenters. The zero-order valence-corrected chi connectivity index (χ0v) is 24.0. The van der Waals surface area contributed by atoms with Gasteiger partial charge in [0.05, 0.1) is 24.8 Å². The van der Waals surface area contributed by atoms with Crippen molar-refractivity contribution in [2.75, 3.05) is 59.4 Å². The summed E-state index contributed by atoms with van der Waals surface area (Å²) in [6, 6.07) is 0.958. The van der Waals surface area contributed by atoms with Gasteiger partial charge in [-0.05, 0) is 51.4 Å². The summed E-state index contributed by atoms with van der Waals surface area (Å²) in [5.41, 5.74) is -1.06. The molecule has 0 radical (unpaired) electrons. The van der Waals surface area contributed by atoms with Crippen LogP contribution in [0.3, 0.4) is 0 Å². The minimum absolute atomic E-state index is 0.0610. The molecule has 2 saturated heterocycles. The van der Waals surface area contributed by atoms with E-state index in [0.717, 1.165) is 38.9 Å². The lowest BCUT2D eigenvalue weighted by Crippen LogP contribution is -2.65. The number of anilines is 1. The number of phenolic OH excluding ortho intramolecular Hbond substituents is 1. The fraction of sp³-hybridized carbons (Fsp3) is 0.567. The van der Waals surface area contributed by atoms with Gasteiger partial charge in [-0.15, -0.1) is 0 Å². The highest BCUT2D eigenvalue weighted by Crippen LogP contribution is 2.53. The molecule has 0 aromatic heterocycles. The molecule has 4 N–H and O–H groups in total. The lowest BCUT2D eigenvalue weighted by molar-refractivity contribution is -0.191. The summed E-state index contributed by atoms with van der Waals surface area (Å²) < 4.78 is 5.36. The number of nitrogens with zero attached hydrogens (tertiary/aromatic N) is 3. The second-order valence-electron chi connectivity index (χ2n) is 12.9. The first-order chi connectivity index (χ1) is 19.2. The van der Waals surface area contributed by atoms with Gasteiger partial charge in [-0.1, -0.05) is 0 Å². The van der Waals surface area contributed by atoms with E-state index < -0.39 is 57.9 Å². The molecule has 0 saturated carbocycles. The molecule has 5 aliphatic rings. The molecular weight excluding hydrogens is 530 g/mol. The van der Waals surface area contributed by atoms with Crippen LogP contribution in [0.15, 0.2) is 28.7 Å². The standard InChI is InChI=1S/C30H37N3O8/c1-14(34)20-26(37)23(32(4)5)18-7-15-6-17-19(31(2)3)8-16(9-33-10-29(11-33)12-41-13-29)24(35)22(17)25(36)21(15)28(39)30(18,40)27(20)38/h8,15,18,23,35,37,39-40H,6-7,9-13H2,1-5H3/t15-,18-,23-,30+/m0/s1. The van der Waals surface area contributed by atoms with Gasteiger partial charge in [0.15, 0.2) is 17.2 Å². The molecule has 2 aliphatic heterocycles. The molecule has 6 rings (SSSR count). The summed E-state index contributed by atoms with van der Waals surface area (Å²) in [5.74, 6) is -5.52. The van der Waals surface area contributed by atoms with E-state index in [0.29, 0.717) is 17.7 Å². The van der Waals surface area contributed by atoms with Gasteiger partial charge < -0.3 is 30.1 Å². The number of benzene rings is 1. The lowest BCUT2D eigenvalue weighted by atomic mass is 9.58. The number of carbonyl (C=O) groups excluding carboxylic acids is 3. The average molecular weight is 568 g/mol. The summed E-state index contributed by atoms with van der Waals surface area (Å²) in [5, 5.41) is 45.9. The number of aliphatic hydroxyl groups is 3. The number of Topliss-reactive ketones (excluding diaryl/α,β-unsaturated/α-hetero) is 3. The minimum atomic E-state index is -2.57. The molecule has 2 fully saturated rings. The van der Waals surface area contributed by atoms with Crippen molar-refractivity contribution in [1.82, 2.24) is 9.80 Å². The molecule has 220 valence electrons. The molecular formula is C30H37N3O8. The van der Waals surface area contributed by atoms with Gasteiger partial charge in [-0.3, -0.25) is 24.2 Å². The molecule has 0 bridgehead atoms. The summed E-state index contributed by atoms with van der Waals surface area (Å²) in [6.07, 6.45) is 0.370. The Morgan fingerprint density at radius 1 is 1.12 bits per heavy atom. The van der Waals surface area contributed by atoms with Crippen molar-refractivity contribution in [3.05, 3.63) is 45.4 Å². The molecule has 2 heterocycles. The second kappa shape index (κ2) is 9.12. The predicted octanol–water partition coefficient (Wildman–Crippen LogP) is 1.12. The first-order valence-corrected chi connectivity index (χ1v) is 13.9. The summed E-state index contributed by atoms with van der Waals surface area (Å²) in [7, 11) is 7.02. The minimum Gasteiger partial charge on any atom is -0.510 e. The molecule has 11 heteroatoms. The number of hydrogen-bond donors (Lipinski definition) is 4. The number of phenols is 1. The van der Waals surface area contributed by atoms with Crippen LogP contribution in [0.4, 0.5) is 5.69 Å². The maximum Gasteiger partial charge on any atom is 0.209 e. The van der Waals surface area contributed by atoms with Crippen LogP contribution in [0.1, 0.15) is 34.8 Å². The van der Waals surface area contributed by atoms with Crippen molar-refractivity contribution in [2.45, 2.75) is 38.0 Å². The van der Waals surface area contributed by atoms with Crippen LogP contribution in [0.5, 0.6) is 5.75 Å². The quantitative estimate of drug-likeness (QED) is 0.379. The van der Waals surface area contributed by atoms with Crippen LogP contribution in [-0.2, 0) is 27.3 Å². The van der Waals surface area contributed by atoms with E-state index in [9.17, 15) is 34.8 Å². The highest BCUT2D eigenvalue weighted by Gasteiger charge is 2.63. The van der Waals surface area contributed by atoms with Gasteiger partial charge in [-0.2, -0.15) is 0 Å². The molecule has 1 aromatic rings. The zero-order valence-electron chi connectivity index (χ0n) is 24.0. The van der Waals surface area contributed by atoms with E-state index in [1.165, 1.54) is 0 Å². The van der Waals surface area contributed by atoms with Crippen LogP contribution in [0.2, 0.25) is 0 Å². The Morgan fingerprint density at radius 2 is 1.78 bits per heavy atom. The third-order valence-corrected chi connectivity index (χ3v) is 9.69. The number of allylic oxidation sites excluding steroid dienone is 1. The fourth-order valence-corrected chi connectivity index (χ4v) is 7.80. The SMILES string of the molecule is CC(=O)C1=C(O)[C@@H](N(C)C)[C@@H]2C[C@@H]3Cc4c(N(C)C)cc(CN5CC6(COC6)C5)c(O)c4C(=O)C3=C(O)[C@]2(O)C1=O. The van der Waals surface area contributed by atoms with E-state index in [4.69, 9.17) is 4.74 Å². The molecule has 11 nitrogen and oxygen atoms in total. The van der Waals surface area contributed by atoms with Gasteiger partial charge in [0.1, 0.15) is 22.8 Å². The van der Waals surface area contributed by atoms with Gasteiger partial charge >= 0.3 is 0 Å². The number of ketones is 3. The van der Waals surface area contributed by atoms with Crippen molar-refractivity contribution in [3.8, 4) is 5.75 Å². The number of carbonyl (C=O) groups is 3. The van der Waals surface area contributed by atoms with E-state index >= 15 is 0 Å². The van der Waals surface area contributed by atoms with Gasteiger partial charge in [0.2, 0.25) is 5.78 Å². The van der Waals surface area contributed by atoms with Crippen LogP contribution in [-0.4, -0.2) is 114 Å². The summed E-state index contributed by atoms with van der Waals surface area (Å²) in [4.78, 5) is 45.8. The van der Waals surface area contributed by atoms with Crippen molar-refractivity contribution in [2.24, 2.45) is 17.3 Å². The van der Waals surface area contributed by atoms with E-state index in [1.807, 2.05) is 25.1 Å². The van der Waals surface area contributed by atoms with Crippen molar-refractivity contribution in [1.29, 1.82) is 0 Å². The van der Waals surface area contributed by atoms with E-state index in [-0.39, 0.29) is 35.1 Å². The predicted molar refractivity (Wildman–Crippen MR) is 148 cm³/mol. The Kier molecular flexibility index (Phi) is 6.21. The molecule has 4 atom stereocenters. The Bertz CT molecular complexity index is 1450. The van der Waals surface area contributed by atoms with E-state index in [2.05, 4.69) is 4.90 Å². The third kappa shape index (κ3) is 3.75. The number of aliphatic hydroxyl groups excluding tert-OH is 2. The maximum atomic E-state index is 14.2. The van der Waals surface area contributed by atoms with Gasteiger partial charge in [0, 0.05) is 61.9 Å². The third-order valence-electron chi connectivity index (χ3n) is 9.69. The first kappa shape index (κ1) is 27.9. The molecule has 3 aliphatic carbocycles. The maximum absolute atomic E-state index is 14.2. The first-order valence-electron chi connectivity index (χ1n) is 13.9. The second-order valence-corrected chi connectivity index (χ2v) is 12.9. The van der Waals surface area contributed by atoms with Gasteiger partial charge in [-0.25, -0.2) is 0 Å². The Balaban J connectivity index is 1.46. The summed E-state index contributed by atoms with van der Waals surface area (Å²) >= 11 is 0. The number of likely N-dealkylation sites (N-methyl/N-ethyl adjacent to an activating group) is 1. The number of fused-ring (bicyclic) bond motifs is 3. The van der Waals surface area contributed by atoms with Gasteiger partial charge in [0.25, 0.3) is 0 Å². The van der Waals surface area contributed by atoms with Crippen LogP contribution in [0.25, 0.3) is 0 Å². The zero-order chi connectivity index (χ0) is 29.8. The largest absolute Gasteiger partial charge is 0.510 e. The topological polar surface area (TPSA) is 151 Å². The monoisotopic (exact) mass is 567 g/mol. The molecule has 0 amide bonds. The normalized spacial score (nSPS) is 30.6. The number of aromatic hydroxyl groups is 1. The van der Waals surface area contributed by atoms with E-state index in [1.54, 1.807) is 19.0 Å². The number of hydrogen-bond acceptors (Lipinski definition) is 11.